The first-order valence-corrected chi connectivity index (χ1v) is 8.78. The number of sulfonamides is 1. The highest BCUT2D eigenvalue weighted by atomic mass is 32.2. The van der Waals surface area contributed by atoms with Crippen molar-refractivity contribution >= 4 is 16.1 Å². The summed E-state index contributed by atoms with van der Waals surface area (Å²) in [5.41, 5.74) is 1.52. The lowest BCUT2D eigenvalue weighted by Crippen LogP contribution is -2.48. The number of primary sulfonamides is 1. The Kier molecular flexibility index (Phi) is 5.38. The minimum absolute atomic E-state index is 0.0528. The van der Waals surface area contributed by atoms with Gasteiger partial charge < -0.3 is 15.0 Å². The molecule has 0 radical (unpaired) electrons. The van der Waals surface area contributed by atoms with Gasteiger partial charge in [-0.2, -0.15) is 0 Å². The zero-order valence-electron chi connectivity index (χ0n) is 12.5. The predicted molar refractivity (Wildman–Crippen MR) is 82.5 cm³/mol. The second kappa shape index (κ2) is 7.08. The SMILES string of the molecule is C[C@@H]1CN(C(=O)NCc2ccc(CS(N)(=O)=O)cc2)CCO1. The first-order chi connectivity index (χ1) is 10.3. The van der Waals surface area contributed by atoms with Crippen LogP contribution in [0.25, 0.3) is 0 Å². The fourth-order valence-electron chi connectivity index (χ4n) is 2.28. The van der Waals surface area contributed by atoms with Gasteiger partial charge in [0, 0.05) is 19.6 Å². The summed E-state index contributed by atoms with van der Waals surface area (Å²) in [7, 11) is -3.52. The van der Waals surface area contributed by atoms with E-state index >= 15 is 0 Å². The van der Waals surface area contributed by atoms with E-state index in [9.17, 15) is 13.2 Å². The maximum absolute atomic E-state index is 12.0. The number of rotatable bonds is 4. The molecule has 1 atom stereocenters. The number of ether oxygens (including phenoxy) is 1. The minimum atomic E-state index is -3.52. The van der Waals surface area contributed by atoms with Crippen LogP contribution in [0.1, 0.15) is 18.1 Å². The Hall–Kier alpha value is -1.64. The van der Waals surface area contributed by atoms with Crippen LogP contribution >= 0.6 is 0 Å². The number of carbonyl (C=O) groups is 1. The lowest BCUT2D eigenvalue weighted by molar-refractivity contribution is -0.00351. The number of hydrogen-bond donors (Lipinski definition) is 2. The van der Waals surface area contributed by atoms with Crippen LogP contribution in [0.4, 0.5) is 4.79 Å². The molecule has 1 heterocycles. The van der Waals surface area contributed by atoms with Gasteiger partial charge in [-0.05, 0) is 18.1 Å². The smallest absolute Gasteiger partial charge is 0.317 e. The molecule has 0 aromatic heterocycles. The van der Waals surface area contributed by atoms with Gasteiger partial charge in [-0.3, -0.25) is 0 Å². The lowest BCUT2D eigenvalue weighted by Gasteiger charge is -2.31. The third-order valence-corrected chi connectivity index (χ3v) is 4.10. The van der Waals surface area contributed by atoms with E-state index < -0.39 is 10.0 Å². The second-order valence-electron chi connectivity index (χ2n) is 5.41. The number of amides is 2. The van der Waals surface area contributed by atoms with Gasteiger partial charge in [0.15, 0.2) is 0 Å². The molecule has 0 spiro atoms. The molecule has 1 aromatic rings. The van der Waals surface area contributed by atoms with Crippen LogP contribution in [0.3, 0.4) is 0 Å². The molecular formula is C14H21N3O4S. The highest BCUT2D eigenvalue weighted by Gasteiger charge is 2.20. The van der Waals surface area contributed by atoms with E-state index in [2.05, 4.69) is 5.32 Å². The van der Waals surface area contributed by atoms with E-state index in [0.717, 1.165) is 5.56 Å². The van der Waals surface area contributed by atoms with E-state index in [-0.39, 0.29) is 17.9 Å². The van der Waals surface area contributed by atoms with E-state index in [0.29, 0.717) is 31.8 Å². The summed E-state index contributed by atoms with van der Waals surface area (Å²) in [5.74, 6) is -0.189. The van der Waals surface area contributed by atoms with Gasteiger partial charge in [0.1, 0.15) is 0 Å². The normalized spacial score (nSPS) is 19.0. The molecular weight excluding hydrogens is 306 g/mol. The molecule has 2 rings (SSSR count). The number of nitrogens with zero attached hydrogens (tertiary/aromatic N) is 1. The summed E-state index contributed by atoms with van der Waals surface area (Å²) in [6.45, 7) is 4.04. The number of urea groups is 1. The van der Waals surface area contributed by atoms with Gasteiger partial charge in [-0.25, -0.2) is 18.4 Å². The summed E-state index contributed by atoms with van der Waals surface area (Å²) < 4.78 is 27.4. The number of nitrogens with one attached hydrogen (secondary N) is 1. The lowest BCUT2D eigenvalue weighted by atomic mass is 10.1. The molecule has 1 aliphatic rings. The van der Waals surface area contributed by atoms with Crippen molar-refractivity contribution in [3.8, 4) is 0 Å². The summed E-state index contributed by atoms with van der Waals surface area (Å²) in [6.07, 6.45) is 0.0528. The average Bonchev–Trinajstić information content (AvgIpc) is 2.44. The van der Waals surface area contributed by atoms with Crippen LogP contribution in [0.2, 0.25) is 0 Å². The summed E-state index contributed by atoms with van der Waals surface area (Å²) in [6, 6.07) is 6.83. The summed E-state index contributed by atoms with van der Waals surface area (Å²) in [4.78, 5) is 13.8. The largest absolute Gasteiger partial charge is 0.375 e. The Bertz CT molecular complexity index is 615. The van der Waals surface area contributed by atoms with Crippen LogP contribution in [0, 0.1) is 0 Å². The molecule has 22 heavy (non-hydrogen) atoms. The number of morpholine rings is 1. The van der Waals surface area contributed by atoms with Crippen LogP contribution < -0.4 is 10.5 Å². The zero-order valence-corrected chi connectivity index (χ0v) is 13.3. The fraction of sp³-hybridized carbons (Fsp3) is 0.500. The van der Waals surface area contributed by atoms with E-state index in [1.807, 2.05) is 6.92 Å². The third kappa shape index (κ3) is 5.28. The summed E-state index contributed by atoms with van der Waals surface area (Å²) >= 11 is 0. The molecule has 1 fully saturated rings. The van der Waals surface area contributed by atoms with Gasteiger partial charge >= 0.3 is 6.03 Å². The van der Waals surface area contributed by atoms with Crippen molar-refractivity contribution in [2.45, 2.75) is 25.3 Å². The fourth-order valence-corrected chi connectivity index (χ4v) is 2.94. The van der Waals surface area contributed by atoms with Crippen molar-refractivity contribution in [1.82, 2.24) is 10.2 Å². The molecule has 8 heteroatoms. The van der Waals surface area contributed by atoms with Crippen molar-refractivity contribution in [3.05, 3.63) is 35.4 Å². The standard InChI is InChI=1S/C14H21N3O4S/c1-11-9-17(6-7-21-11)14(18)16-8-12-2-4-13(5-3-12)10-22(15,19)20/h2-5,11H,6-10H2,1H3,(H,16,18)(H2,15,19,20)/t11-/m1/s1. The molecule has 122 valence electrons. The number of benzene rings is 1. The third-order valence-electron chi connectivity index (χ3n) is 3.36. The molecule has 3 N–H and O–H groups in total. The predicted octanol–water partition coefficient (Wildman–Crippen LogP) is 0.405. The van der Waals surface area contributed by atoms with E-state index in [1.54, 1.807) is 29.2 Å². The Balaban J connectivity index is 1.85. The van der Waals surface area contributed by atoms with Crippen molar-refractivity contribution < 1.29 is 17.9 Å². The molecule has 0 unspecified atom stereocenters. The zero-order chi connectivity index (χ0) is 16.2. The van der Waals surface area contributed by atoms with Crippen molar-refractivity contribution in [2.75, 3.05) is 19.7 Å². The molecule has 0 aliphatic carbocycles. The van der Waals surface area contributed by atoms with Crippen molar-refractivity contribution in [1.29, 1.82) is 0 Å². The number of nitrogens with two attached hydrogens (primary N) is 1. The average molecular weight is 327 g/mol. The summed E-state index contributed by atoms with van der Waals surface area (Å²) in [5, 5.41) is 7.84. The van der Waals surface area contributed by atoms with Gasteiger partial charge in [0.25, 0.3) is 0 Å². The highest BCUT2D eigenvalue weighted by Crippen LogP contribution is 2.08. The maximum Gasteiger partial charge on any atom is 0.317 e. The van der Waals surface area contributed by atoms with Gasteiger partial charge in [0.05, 0.1) is 18.5 Å². The van der Waals surface area contributed by atoms with Crippen LogP contribution in [-0.4, -0.2) is 45.1 Å². The maximum atomic E-state index is 12.0. The molecule has 2 amide bonds. The van der Waals surface area contributed by atoms with E-state index in [4.69, 9.17) is 9.88 Å². The highest BCUT2D eigenvalue weighted by molar-refractivity contribution is 7.88. The second-order valence-corrected chi connectivity index (χ2v) is 7.02. The number of hydrogen-bond acceptors (Lipinski definition) is 4. The van der Waals surface area contributed by atoms with Crippen molar-refractivity contribution in [2.24, 2.45) is 5.14 Å². The molecule has 0 bridgehead atoms. The van der Waals surface area contributed by atoms with Crippen LogP contribution in [0.15, 0.2) is 24.3 Å². The van der Waals surface area contributed by atoms with Gasteiger partial charge in [-0.1, -0.05) is 24.3 Å². The molecule has 1 aliphatic heterocycles. The minimum Gasteiger partial charge on any atom is -0.375 e. The van der Waals surface area contributed by atoms with Gasteiger partial charge in [-0.15, -0.1) is 0 Å². The molecule has 1 aromatic carbocycles. The molecule has 0 saturated carbocycles. The monoisotopic (exact) mass is 327 g/mol. The van der Waals surface area contributed by atoms with Crippen LogP contribution in [-0.2, 0) is 27.1 Å². The van der Waals surface area contributed by atoms with Crippen LogP contribution in [0.5, 0.6) is 0 Å². The Morgan fingerprint density at radius 2 is 2.00 bits per heavy atom. The van der Waals surface area contributed by atoms with Gasteiger partial charge in [0.2, 0.25) is 10.0 Å². The topological polar surface area (TPSA) is 102 Å². The quantitative estimate of drug-likeness (QED) is 0.836. The van der Waals surface area contributed by atoms with E-state index in [1.165, 1.54) is 0 Å². The first-order valence-electron chi connectivity index (χ1n) is 7.06. The number of carbonyl (C=O) groups excluding carboxylic acids is 1. The Morgan fingerprint density at radius 1 is 1.36 bits per heavy atom. The Morgan fingerprint density at radius 3 is 2.59 bits per heavy atom. The Labute approximate surface area is 130 Å². The molecule has 7 nitrogen and oxygen atoms in total. The first kappa shape index (κ1) is 16.7. The van der Waals surface area contributed by atoms with Crippen molar-refractivity contribution in [3.63, 3.8) is 0 Å². The molecule has 1 saturated heterocycles.